The summed E-state index contributed by atoms with van der Waals surface area (Å²) in [4.78, 5) is 13.3. The molecule has 0 spiro atoms. The maximum Gasteiger partial charge on any atom is 0.213 e. The summed E-state index contributed by atoms with van der Waals surface area (Å²) in [6.45, 7) is 4.11. The number of nitrogens with two attached hydrogens (primary N) is 2. The van der Waals surface area contributed by atoms with Crippen LogP contribution in [0.15, 0.2) is 66.4 Å². The summed E-state index contributed by atoms with van der Waals surface area (Å²) in [5.74, 6) is 1.93. The molecular formula is C21H24N6O. The topological polar surface area (TPSA) is 112 Å². The normalized spacial score (nSPS) is 12.4. The predicted molar refractivity (Wildman–Crippen MR) is 112 cm³/mol. The highest BCUT2D eigenvalue weighted by atomic mass is 16.5. The van der Waals surface area contributed by atoms with Crippen LogP contribution in [0, 0.1) is 5.92 Å². The molecule has 7 heteroatoms. The molecule has 7 nitrogen and oxygen atoms in total. The van der Waals surface area contributed by atoms with E-state index in [0.29, 0.717) is 17.5 Å². The minimum Gasteiger partial charge on any atom is -0.481 e. The highest BCUT2D eigenvalue weighted by molar-refractivity contribution is 5.81. The fourth-order valence-electron chi connectivity index (χ4n) is 2.71. The summed E-state index contributed by atoms with van der Waals surface area (Å²) in [6.07, 6.45) is 6.88. The monoisotopic (exact) mass is 376 g/mol. The summed E-state index contributed by atoms with van der Waals surface area (Å²) in [5.41, 5.74) is 16.1. The Labute approximate surface area is 164 Å². The molecule has 0 aliphatic heterocycles. The van der Waals surface area contributed by atoms with Gasteiger partial charge < -0.3 is 21.5 Å². The van der Waals surface area contributed by atoms with Gasteiger partial charge >= 0.3 is 0 Å². The molecule has 144 valence electrons. The third-order valence-corrected chi connectivity index (χ3v) is 4.27. The SMILES string of the molecule is COc1cc(-c2cnc3ccc(N/C(N)=C/C(=C\N)C(C)C)nc3c2)ccn1. The van der Waals surface area contributed by atoms with Crippen LogP contribution in [-0.4, -0.2) is 22.1 Å². The van der Waals surface area contributed by atoms with Crippen LogP contribution in [0.5, 0.6) is 5.88 Å². The van der Waals surface area contributed by atoms with Crippen molar-refractivity contribution in [3.8, 4) is 17.0 Å². The van der Waals surface area contributed by atoms with Gasteiger partial charge in [0.2, 0.25) is 5.88 Å². The van der Waals surface area contributed by atoms with E-state index in [9.17, 15) is 0 Å². The van der Waals surface area contributed by atoms with E-state index in [1.54, 1.807) is 25.7 Å². The van der Waals surface area contributed by atoms with Gasteiger partial charge in [0.1, 0.15) is 11.6 Å². The lowest BCUT2D eigenvalue weighted by molar-refractivity contribution is 0.398. The number of ether oxygens (including phenoxy) is 1. The van der Waals surface area contributed by atoms with Gasteiger partial charge in [-0.25, -0.2) is 9.97 Å². The van der Waals surface area contributed by atoms with E-state index in [-0.39, 0.29) is 5.92 Å². The third-order valence-electron chi connectivity index (χ3n) is 4.27. The standard InChI is InChI=1S/C21H24N6O/c1-13(2)15(11-22)9-19(23)27-20-5-4-17-18(26-20)8-16(12-25-17)14-6-7-24-21(10-14)28-3/h4-13H,22-23H2,1-3H3,(H,26,27)/b15-11+,19-9+. The van der Waals surface area contributed by atoms with Gasteiger partial charge in [-0.1, -0.05) is 13.8 Å². The van der Waals surface area contributed by atoms with E-state index < -0.39 is 0 Å². The molecule has 0 unspecified atom stereocenters. The van der Waals surface area contributed by atoms with Crippen LogP contribution in [0.25, 0.3) is 22.2 Å². The summed E-state index contributed by atoms with van der Waals surface area (Å²) in [5, 5.41) is 3.10. The number of hydrogen-bond acceptors (Lipinski definition) is 7. The Bertz CT molecular complexity index is 1040. The first-order valence-corrected chi connectivity index (χ1v) is 8.93. The van der Waals surface area contributed by atoms with Crippen molar-refractivity contribution in [2.24, 2.45) is 17.4 Å². The lowest BCUT2D eigenvalue weighted by Gasteiger charge is -2.10. The lowest BCUT2D eigenvalue weighted by Crippen LogP contribution is -2.11. The number of fused-ring (bicyclic) bond motifs is 1. The molecule has 0 aromatic carbocycles. The van der Waals surface area contributed by atoms with Crippen LogP contribution in [0.4, 0.5) is 5.82 Å². The summed E-state index contributed by atoms with van der Waals surface area (Å²) in [7, 11) is 1.59. The minimum atomic E-state index is 0.277. The van der Waals surface area contributed by atoms with E-state index in [0.717, 1.165) is 27.7 Å². The Hall–Kier alpha value is -3.61. The van der Waals surface area contributed by atoms with E-state index in [1.807, 2.05) is 36.4 Å². The van der Waals surface area contributed by atoms with Crippen LogP contribution < -0.4 is 21.5 Å². The molecule has 0 fully saturated rings. The van der Waals surface area contributed by atoms with Gasteiger partial charge in [0, 0.05) is 24.0 Å². The number of rotatable bonds is 6. The number of nitrogens with zero attached hydrogens (tertiary/aromatic N) is 3. The molecule has 0 saturated carbocycles. The van der Waals surface area contributed by atoms with Crippen molar-refractivity contribution in [3.63, 3.8) is 0 Å². The Kier molecular flexibility index (Phi) is 5.74. The Balaban J connectivity index is 1.91. The van der Waals surface area contributed by atoms with E-state index in [1.165, 1.54) is 0 Å². The average molecular weight is 376 g/mol. The van der Waals surface area contributed by atoms with Crippen LogP contribution in [-0.2, 0) is 0 Å². The number of methoxy groups -OCH3 is 1. The van der Waals surface area contributed by atoms with Crippen molar-refractivity contribution in [1.82, 2.24) is 15.0 Å². The molecular weight excluding hydrogens is 352 g/mol. The molecule has 0 aliphatic carbocycles. The number of anilines is 1. The van der Waals surface area contributed by atoms with Gasteiger partial charge in [0.25, 0.3) is 0 Å². The molecule has 0 atom stereocenters. The zero-order chi connectivity index (χ0) is 20.1. The number of pyridine rings is 3. The maximum absolute atomic E-state index is 6.09. The number of aromatic nitrogens is 3. The van der Waals surface area contributed by atoms with Gasteiger partial charge in [0.05, 0.1) is 18.1 Å². The number of nitrogens with one attached hydrogen (secondary N) is 1. The van der Waals surface area contributed by atoms with Gasteiger partial charge in [-0.3, -0.25) is 4.98 Å². The smallest absolute Gasteiger partial charge is 0.213 e. The zero-order valence-electron chi connectivity index (χ0n) is 16.2. The molecule has 3 aromatic rings. The van der Waals surface area contributed by atoms with E-state index >= 15 is 0 Å². The van der Waals surface area contributed by atoms with Crippen molar-refractivity contribution in [2.45, 2.75) is 13.8 Å². The number of hydrogen-bond donors (Lipinski definition) is 3. The molecule has 3 rings (SSSR count). The van der Waals surface area contributed by atoms with Crippen molar-refractivity contribution < 1.29 is 4.74 Å². The fraction of sp³-hybridized carbons (Fsp3) is 0.190. The molecule has 3 aromatic heterocycles. The van der Waals surface area contributed by atoms with Crippen LogP contribution >= 0.6 is 0 Å². The van der Waals surface area contributed by atoms with Crippen LogP contribution in [0.3, 0.4) is 0 Å². The maximum atomic E-state index is 6.09. The van der Waals surface area contributed by atoms with Crippen molar-refractivity contribution in [1.29, 1.82) is 0 Å². The van der Waals surface area contributed by atoms with Crippen molar-refractivity contribution >= 4 is 16.9 Å². The second-order valence-electron chi connectivity index (χ2n) is 6.59. The first kappa shape index (κ1) is 19.2. The minimum absolute atomic E-state index is 0.277. The molecule has 0 aliphatic rings. The summed E-state index contributed by atoms with van der Waals surface area (Å²) in [6, 6.07) is 9.48. The molecule has 0 amide bonds. The zero-order valence-corrected chi connectivity index (χ0v) is 16.2. The first-order valence-electron chi connectivity index (χ1n) is 8.93. The number of allylic oxidation sites excluding steroid dienone is 2. The molecule has 0 bridgehead atoms. The van der Waals surface area contributed by atoms with E-state index in [2.05, 4.69) is 34.1 Å². The largest absolute Gasteiger partial charge is 0.481 e. The lowest BCUT2D eigenvalue weighted by atomic mass is 10.0. The highest BCUT2D eigenvalue weighted by Gasteiger charge is 2.06. The predicted octanol–water partition coefficient (Wildman–Crippen LogP) is 3.41. The fourth-order valence-corrected chi connectivity index (χ4v) is 2.71. The molecule has 5 N–H and O–H groups in total. The molecule has 28 heavy (non-hydrogen) atoms. The Morgan fingerprint density at radius 2 is 1.93 bits per heavy atom. The van der Waals surface area contributed by atoms with Gasteiger partial charge in [-0.05, 0) is 53.6 Å². The quantitative estimate of drug-likeness (QED) is 0.565. The highest BCUT2D eigenvalue weighted by Crippen LogP contribution is 2.25. The second-order valence-corrected chi connectivity index (χ2v) is 6.59. The molecule has 0 saturated heterocycles. The molecule has 3 heterocycles. The second kappa shape index (κ2) is 8.39. The summed E-state index contributed by atoms with van der Waals surface area (Å²) >= 11 is 0. The van der Waals surface area contributed by atoms with Crippen LogP contribution in [0.2, 0.25) is 0 Å². The summed E-state index contributed by atoms with van der Waals surface area (Å²) < 4.78 is 5.19. The Morgan fingerprint density at radius 3 is 2.64 bits per heavy atom. The average Bonchev–Trinajstić information content (AvgIpc) is 2.71. The van der Waals surface area contributed by atoms with Gasteiger partial charge in [0.15, 0.2) is 0 Å². The van der Waals surface area contributed by atoms with Crippen molar-refractivity contribution in [3.05, 3.63) is 66.4 Å². The van der Waals surface area contributed by atoms with E-state index in [4.69, 9.17) is 16.2 Å². The third kappa shape index (κ3) is 4.37. The Morgan fingerprint density at radius 1 is 1.11 bits per heavy atom. The van der Waals surface area contributed by atoms with Crippen LogP contribution in [0.1, 0.15) is 13.8 Å². The van der Waals surface area contributed by atoms with Gasteiger partial charge in [-0.15, -0.1) is 0 Å². The first-order chi connectivity index (χ1) is 13.5. The van der Waals surface area contributed by atoms with Gasteiger partial charge in [-0.2, -0.15) is 0 Å². The molecule has 0 radical (unpaired) electrons. The van der Waals surface area contributed by atoms with Crippen molar-refractivity contribution in [2.75, 3.05) is 12.4 Å².